The first-order chi connectivity index (χ1) is 8.52. The molecule has 102 valence electrons. The third kappa shape index (κ3) is 3.15. The van der Waals surface area contributed by atoms with Crippen molar-refractivity contribution in [1.29, 1.82) is 0 Å². The van der Waals surface area contributed by atoms with Crippen LogP contribution in [0, 0.1) is 0 Å². The number of carbonyl (C=O) groups excluding carboxylic acids is 1. The van der Waals surface area contributed by atoms with Gasteiger partial charge in [-0.05, 0) is 25.7 Å². The Bertz CT molecular complexity index is 333. The van der Waals surface area contributed by atoms with Crippen molar-refractivity contribution < 1.29 is 14.7 Å². The average molecular weight is 254 g/mol. The number of hydrogen-bond donors (Lipinski definition) is 2. The van der Waals surface area contributed by atoms with Gasteiger partial charge in [-0.3, -0.25) is 4.79 Å². The van der Waals surface area contributed by atoms with Gasteiger partial charge in [0.2, 0.25) is 0 Å². The van der Waals surface area contributed by atoms with Crippen LogP contribution < -0.4 is 5.32 Å². The van der Waals surface area contributed by atoms with Gasteiger partial charge < -0.3 is 15.3 Å². The summed E-state index contributed by atoms with van der Waals surface area (Å²) in [6, 6.07) is 0.246. The van der Waals surface area contributed by atoms with Crippen molar-refractivity contribution in [2.24, 2.45) is 0 Å². The quantitative estimate of drug-likeness (QED) is 0.805. The monoisotopic (exact) mass is 254 g/mol. The SMILES string of the molecule is CN(C(=O)NC1(CC(=O)O)CCCCC1)C1CC1. The van der Waals surface area contributed by atoms with Crippen molar-refractivity contribution in [2.75, 3.05) is 7.05 Å². The Balaban J connectivity index is 1.99. The van der Waals surface area contributed by atoms with Gasteiger partial charge in [0.15, 0.2) is 0 Å². The highest BCUT2D eigenvalue weighted by Gasteiger charge is 2.38. The third-order valence-electron chi connectivity index (χ3n) is 4.09. The number of nitrogens with zero attached hydrogens (tertiary/aromatic N) is 1. The molecule has 0 aromatic carbocycles. The number of rotatable bonds is 4. The summed E-state index contributed by atoms with van der Waals surface area (Å²) in [5, 5.41) is 12.0. The number of aliphatic carboxylic acids is 1. The topological polar surface area (TPSA) is 69.6 Å². The predicted molar refractivity (Wildman–Crippen MR) is 67.4 cm³/mol. The molecule has 0 aromatic heterocycles. The first-order valence-corrected chi connectivity index (χ1v) is 6.79. The number of carbonyl (C=O) groups is 2. The van der Waals surface area contributed by atoms with Crippen LogP contribution in [0.1, 0.15) is 51.4 Å². The standard InChI is InChI=1S/C13H22N2O3/c1-15(10-5-6-10)12(18)14-13(9-11(16)17)7-3-2-4-8-13/h10H,2-9H2,1H3,(H,14,18)(H,16,17). The van der Waals surface area contributed by atoms with Gasteiger partial charge in [-0.2, -0.15) is 0 Å². The molecule has 0 unspecified atom stereocenters. The van der Waals surface area contributed by atoms with Crippen molar-refractivity contribution in [3.63, 3.8) is 0 Å². The number of amides is 2. The van der Waals surface area contributed by atoms with Crippen LogP contribution in [-0.4, -0.2) is 40.6 Å². The summed E-state index contributed by atoms with van der Waals surface area (Å²) in [7, 11) is 1.80. The van der Waals surface area contributed by atoms with Crippen LogP contribution in [0.2, 0.25) is 0 Å². The number of hydrogen-bond acceptors (Lipinski definition) is 2. The largest absolute Gasteiger partial charge is 0.481 e. The molecule has 0 atom stereocenters. The molecule has 0 aromatic rings. The van der Waals surface area contributed by atoms with Crippen LogP contribution in [0.25, 0.3) is 0 Å². The zero-order valence-corrected chi connectivity index (χ0v) is 10.9. The second kappa shape index (κ2) is 5.16. The lowest BCUT2D eigenvalue weighted by atomic mass is 9.79. The average Bonchev–Trinajstić information content (AvgIpc) is 3.11. The Morgan fingerprint density at radius 1 is 1.28 bits per heavy atom. The van der Waals surface area contributed by atoms with E-state index in [-0.39, 0.29) is 12.5 Å². The molecule has 0 radical (unpaired) electrons. The minimum absolute atomic E-state index is 0.0389. The first kappa shape index (κ1) is 13.2. The molecule has 2 fully saturated rings. The van der Waals surface area contributed by atoms with Gasteiger partial charge in [0.1, 0.15) is 0 Å². The lowest BCUT2D eigenvalue weighted by Gasteiger charge is -2.38. The van der Waals surface area contributed by atoms with Crippen molar-refractivity contribution in [1.82, 2.24) is 10.2 Å². The summed E-state index contributed by atoms with van der Waals surface area (Å²) in [4.78, 5) is 24.8. The van der Waals surface area contributed by atoms with E-state index in [0.29, 0.717) is 6.04 Å². The van der Waals surface area contributed by atoms with Gasteiger partial charge in [0.25, 0.3) is 0 Å². The summed E-state index contributed by atoms with van der Waals surface area (Å²) in [6.07, 6.45) is 6.87. The lowest BCUT2D eigenvalue weighted by molar-refractivity contribution is -0.139. The molecule has 2 aliphatic rings. The number of carboxylic acid groups (broad SMARTS) is 1. The molecular formula is C13H22N2O3. The van der Waals surface area contributed by atoms with Crippen molar-refractivity contribution in [3.05, 3.63) is 0 Å². The van der Waals surface area contributed by atoms with Crippen LogP contribution in [0.3, 0.4) is 0 Å². The summed E-state index contributed by atoms with van der Waals surface area (Å²) in [6.45, 7) is 0. The molecule has 2 amide bonds. The molecule has 2 N–H and O–H groups in total. The highest BCUT2D eigenvalue weighted by atomic mass is 16.4. The van der Waals surface area contributed by atoms with Gasteiger partial charge in [0.05, 0.1) is 12.0 Å². The summed E-state index contributed by atoms with van der Waals surface area (Å²) >= 11 is 0. The molecular weight excluding hydrogens is 232 g/mol. The maximum atomic E-state index is 12.1. The minimum Gasteiger partial charge on any atom is -0.481 e. The van der Waals surface area contributed by atoms with Gasteiger partial charge in [-0.1, -0.05) is 19.3 Å². The molecule has 2 saturated carbocycles. The zero-order valence-electron chi connectivity index (χ0n) is 10.9. The van der Waals surface area contributed by atoms with Gasteiger partial charge in [-0.15, -0.1) is 0 Å². The van der Waals surface area contributed by atoms with E-state index in [1.54, 1.807) is 11.9 Å². The fourth-order valence-corrected chi connectivity index (χ4v) is 2.81. The number of urea groups is 1. The van der Waals surface area contributed by atoms with E-state index >= 15 is 0 Å². The van der Waals surface area contributed by atoms with Gasteiger partial charge in [0, 0.05) is 13.1 Å². The summed E-state index contributed by atoms with van der Waals surface area (Å²) in [5.41, 5.74) is -0.523. The maximum Gasteiger partial charge on any atom is 0.317 e. The molecule has 5 heteroatoms. The van der Waals surface area contributed by atoms with Gasteiger partial charge in [-0.25, -0.2) is 4.79 Å². The molecule has 0 saturated heterocycles. The lowest BCUT2D eigenvalue weighted by Crippen LogP contribution is -2.54. The molecule has 0 heterocycles. The van der Waals surface area contributed by atoms with E-state index in [1.165, 1.54) is 0 Å². The maximum absolute atomic E-state index is 12.1. The second-order valence-corrected chi connectivity index (χ2v) is 5.68. The molecule has 5 nitrogen and oxygen atoms in total. The summed E-state index contributed by atoms with van der Waals surface area (Å²) in [5.74, 6) is -0.828. The fraction of sp³-hybridized carbons (Fsp3) is 0.846. The highest BCUT2D eigenvalue weighted by Crippen LogP contribution is 2.32. The summed E-state index contributed by atoms with van der Waals surface area (Å²) < 4.78 is 0. The molecule has 0 spiro atoms. The zero-order chi connectivity index (χ0) is 13.2. The van der Waals surface area contributed by atoms with Crippen molar-refractivity contribution in [3.8, 4) is 0 Å². The van der Waals surface area contributed by atoms with E-state index in [9.17, 15) is 9.59 Å². The number of nitrogens with one attached hydrogen (secondary N) is 1. The van der Waals surface area contributed by atoms with Crippen LogP contribution in [0.15, 0.2) is 0 Å². The smallest absolute Gasteiger partial charge is 0.317 e. The molecule has 18 heavy (non-hydrogen) atoms. The Kier molecular flexibility index (Phi) is 3.78. The molecule has 0 bridgehead atoms. The molecule has 0 aliphatic heterocycles. The third-order valence-corrected chi connectivity index (χ3v) is 4.09. The van der Waals surface area contributed by atoms with E-state index < -0.39 is 11.5 Å². The Morgan fingerprint density at radius 2 is 1.89 bits per heavy atom. The second-order valence-electron chi connectivity index (χ2n) is 5.68. The van der Waals surface area contributed by atoms with E-state index in [1.807, 2.05) is 0 Å². The molecule has 2 rings (SSSR count). The fourth-order valence-electron chi connectivity index (χ4n) is 2.81. The van der Waals surface area contributed by atoms with Crippen molar-refractivity contribution >= 4 is 12.0 Å². The van der Waals surface area contributed by atoms with E-state index in [0.717, 1.165) is 44.9 Å². The van der Waals surface area contributed by atoms with Gasteiger partial charge >= 0.3 is 12.0 Å². The van der Waals surface area contributed by atoms with E-state index in [4.69, 9.17) is 5.11 Å². The van der Waals surface area contributed by atoms with Crippen LogP contribution in [0.4, 0.5) is 4.79 Å². The Hall–Kier alpha value is -1.26. The number of carboxylic acids is 1. The predicted octanol–water partition coefficient (Wildman–Crippen LogP) is 1.97. The minimum atomic E-state index is -0.828. The van der Waals surface area contributed by atoms with Crippen LogP contribution >= 0.6 is 0 Å². The normalized spacial score (nSPS) is 22.3. The Morgan fingerprint density at radius 3 is 2.39 bits per heavy atom. The van der Waals surface area contributed by atoms with Crippen LogP contribution in [0.5, 0.6) is 0 Å². The van der Waals surface area contributed by atoms with Crippen LogP contribution in [-0.2, 0) is 4.79 Å². The van der Waals surface area contributed by atoms with E-state index in [2.05, 4.69) is 5.32 Å². The Labute approximate surface area is 108 Å². The van der Waals surface area contributed by atoms with Crippen molar-refractivity contribution in [2.45, 2.75) is 62.9 Å². The highest BCUT2D eigenvalue weighted by molar-refractivity contribution is 5.77. The first-order valence-electron chi connectivity index (χ1n) is 6.79. The molecule has 2 aliphatic carbocycles.